The highest BCUT2D eigenvalue weighted by Gasteiger charge is 2.23. The van der Waals surface area contributed by atoms with Crippen molar-refractivity contribution in [2.24, 2.45) is 0 Å². The van der Waals surface area contributed by atoms with Gasteiger partial charge in [0.25, 0.3) is 5.91 Å². The lowest BCUT2D eigenvalue weighted by Crippen LogP contribution is -2.37. The topological polar surface area (TPSA) is 46.2 Å². The van der Waals surface area contributed by atoms with E-state index in [0.717, 1.165) is 0 Å². The molecule has 0 atom stereocenters. The van der Waals surface area contributed by atoms with Crippen molar-refractivity contribution in [3.63, 3.8) is 0 Å². The van der Waals surface area contributed by atoms with E-state index in [2.05, 4.69) is 44.3 Å². The van der Waals surface area contributed by atoms with E-state index in [1.807, 2.05) is 6.92 Å². The van der Waals surface area contributed by atoms with Gasteiger partial charge >= 0.3 is 0 Å². The summed E-state index contributed by atoms with van der Waals surface area (Å²) in [7, 11) is 0. The summed E-state index contributed by atoms with van der Waals surface area (Å²) in [6.45, 7) is 8.66. The minimum atomic E-state index is -0.566. The van der Waals surface area contributed by atoms with Crippen molar-refractivity contribution in [3.8, 4) is 0 Å². The number of nitrogens with one attached hydrogen (secondary N) is 1. The van der Waals surface area contributed by atoms with Gasteiger partial charge < -0.3 is 5.32 Å². The molecule has 0 saturated heterocycles. The van der Waals surface area contributed by atoms with E-state index in [-0.39, 0.29) is 5.41 Å². The van der Waals surface area contributed by atoms with Gasteiger partial charge in [-0.1, -0.05) is 37.6 Å². The molecule has 1 rings (SSSR count). The molecule has 0 saturated carbocycles. The van der Waals surface area contributed by atoms with Crippen molar-refractivity contribution >= 4 is 12.2 Å². The number of carbonyl (C=O) groups excluding carboxylic acids is 2. The Morgan fingerprint density at radius 1 is 1.35 bits per heavy atom. The zero-order valence-electron chi connectivity index (χ0n) is 10.8. The average Bonchev–Trinajstić information content (AvgIpc) is 2.29. The van der Waals surface area contributed by atoms with Gasteiger partial charge in [0, 0.05) is 12.0 Å². The van der Waals surface area contributed by atoms with Crippen molar-refractivity contribution in [3.05, 3.63) is 34.9 Å². The fourth-order valence-electron chi connectivity index (χ4n) is 1.91. The summed E-state index contributed by atoms with van der Waals surface area (Å²) in [6, 6.07) is 6.27. The van der Waals surface area contributed by atoms with Gasteiger partial charge in [0.05, 0.1) is 0 Å². The third-order valence-electron chi connectivity index (χ3n) is 2.93. The first-order chi connectivity index (χ1) is 7.86. The quantitative estimate of drug-likeness (QED) is 0.637. The lowest BCUT2D eigenvalue weighted by Gasteiger charge is -2.27. The van der Waals surface area contributed by atoms with Gasteiger partial charge in [-0.05, 0) is 25.0 Å². The lowest BCUT2D eigenvalue weighted by molar-refractivity contribution is -0.131. The Balaban J connectivity index is 2.91. The number of amides is 1. The van der Waals surface area contributed by atoms with Gasteiger partial charge in [-0.3, -0.25) is 9.59 Å². The lowest BCUT2D eigenvalue weighted by atomic mass is 9.81. The van der Waals surface area contributed by atoms with Crippen LogP contribution in [-0.4, -0.2) is 18.7 Å². The van der Waals surface area contributed by atoms with Crippen LogP contribution in [0.1, 0.15) is 30.5 Å². The molecule has 0 spiro atoms. The normalized spacial score (nSPS) is 11.1. The number of hydrogen-bond donors (Lipinski definition) is 1. The molecule has 17 heavy (non-hydrogen) atoms. The van der Waals surface area contributed by atoms with E-state index in [1.165, 1.54) is 16.7 Å². The summed E-state index contributed by atoms with van der Waals surface area (Å²) in [5.74, 6) is -0.566. The Hall–Kier alpha value is -1.64. The summed E-state index contributed by atoms with van der Waals surface area (Å²) in [4.78, 5) is 21.2. The predicted molar refractivity (Wildman–Crippen MR) is 68.0 cm³/mol. The van der Waals surface area contributed by atoms with E-state index in [4.69, 9.17) is 0 Å². The second-order valence-electron chi connectivity index (χ2n) is 5.04. The zero-order chi connectivity index (χ0) is 13.1. The number of carbonyl (C=O) groups is 2. The van der Waals surface area contributed by atoms with Gasteiger partial charge in [0.1, 0.15) is 0 Å². The van der Waals surface area contributed by atoms with Crippen LogP contribution in [0.5, 0.6) is 0 Å². The van der Waals surface area contributed by atoms with E-state index in [1.54, 1.807) is 0 Å². The smallest absolute Gasteiger partial charge is 0.284 e. The van der Waals surface area contributed by atoms with Crippen molar-refractivity contribution in [1.29, 1.82) is 0 Å². The molecule has 1 aromatic rings. The Kier molecular flexibility index (Phi) is 4.05. The molecule has 92 valence electrons. The number of aryl methyl sites for hydroxylation is 2. The number of benzene rings is 1. The van der Waals surface area contributed by atoms with Crippen LogP contribution in [0.2, 0.25) is 0 Å². The maximum absolute atomic E-state index is 11.0. The number of aldehydes is 1. The standard InChI is InChI=1S/C14H19NO2/c1-10-5-6-11(2)12(7-10)14(3,4)9-15-13(17)8-16/h5-8H,9H2,1-4H3,(H,15,17). The predicted octanol–water partition coefficient (Wildman–Crippen LogP) is 1.90. The number of hydrogen-bond acceptors (Lipinski definition) is 2. The molecule has 1 aromatic carbocycles. The average molecular weight is 233 g/mol. The Labute approximate surface area is 102 Å². The van der Waals surface area contributed by atoms with Crippen LogP contribution >= 0.6 is 0 Å². The van der Waals surface area contributed by atoms with Crippen molar-refractivity contribution in [2.75, 3.05) is 6.54 Å². The second-order valence-corrected chi connectivity index (χ2v) is 5.04. The first-order valence-electron chi connectivity index (χ1n) is 5.67. The SMILES string of the molecule is Cc1ccc(C)c(C(C)(C)CNC(=O)C=O)c1. The highest BCUT2D eigenvalue weighted by atomic mass is 16.2. The monoisotopic (exact) mass is 233 g/mol. The molecule has 0 aliphatic carbocycles. The first-order valence-corrected chi connectivity index (χ1v) is 5.67. The van der Waals surface area contributed by atoms with Gasteiger partial charge in [0.2, 0.25) is 6.29 Å². The molecule has 0 heterocycles. The largest absolute Gasteiger partial charge is 0.349 e. The molecule has 0 aromatic heterocycles. The summed E-state index contributed by atoms with van der Waals surface area (Å²) in [5, 5.41) is 2.61. The molecular weight excluding hydrogens is 214 g/mol. The number of rotatable bonds is 4. The van der Waals surface area contributed by atoms with Gasteiger partial charge in [-0.2, -0.15) is 0 Å². The fraction of sp³-hybridized carbons (Fsp3) is 0.429. The maximum Gasteiger partial charge on any atom is 0.284 e. The second kappa shape index (κ2) is 5.13. The molecular formula is C14H19NO2. The summed E-state index contributed by atoms with van der Waals surface area (Å²) >= 11 is 0. The van der Waals surface area contributed by atoms with E-state index < -0.39 is 5.91 Å². The van der Waals surface area contributed by atoms with Crippen molar-refractivity contribution in [1.82, 2.24) is 5.32 Å². The molecule has 3 nitrogen and oxygen atoms in total. The van der Waals surface area contributed by atoms with Crippen molar-refractivity contribution in [2.45, 2.75) is 33.1 Å². The summed E-state index contributed by atoms with van der Waals surface area (Å²) < 4.78 is 0. The Morgan fingerprint density at radius 3 is 2.59 bits per heavy atom. The maximum atomic E-state index is 11.0. The van der Waals surface area contributed by atoms with E-state index in [0.29, 0.717) is 12.8 Å². The molecule has 0 fully saturated rings. The van der Waals surface area contributed by atoms with Crippen LogP contribution < -0.4 is 5.32 Å². The van der Waals surface area contributed by atoms with Crippen LogP contribution in [-0.2, 0) is 15.0 Å². The van der Waals surface area contributed by atoms with Crippen molar-refractivity contribution < 1.29 is 9.59 Å². The van der Waals surface area contributed by atoms with Gasteiger partial charge in [-0.15, -0.1) is 0 Å². The van der Waals surface area contributed by atoms with Crippen LogP contribution in [0, 0.1) is 13.8 Å². The summed E-state index contributed by atoms with van der Waals surface area (Å²) in [5.41, 5.74) is 3.40. The molecule has 0 bridgehead atoms. The van der Waals surface area contributed by atoms with E-state index >= 15 is 0 Å². The molecule has 0 aliphatic heterocycles. The third kappa shape index (κ3) is 3.41. The molecule has 0 unspecified atom stereocenters. The van der Waals surface area contributed by atoms with Crippen LogP contribution in [0.4, 0.5) is 0 Å². The van der Waals surface area contributed by atoms with Crippen LogP contribution in [0.25, 0.3) is 0 Å². The molecule has 3 heteroatoms. The van der Waals surface area contributed by atoms with Gasteiger partial charge in [0.15, 0.2) is 0 Å². The van der Waals surface area contributed by atoms with E-state index in [9.17, 15) is 9.59 Å². The Bertz CT molecular complexity index is 436. The van der Waals surface area contributed by atoms with Crippen LogP contribution in [0.3, 0.4) is 0 Å². The fourth-order valence-corrected chi connectivity index (χ4v) is 1.91. The Morgan fingerprint density at radius 2 is 2.00 bits per heavy atom. The molecule has 0 aliphatic rings. The minimum absolute atomic E-state index is 0.186. The minimum Gasteiger partial charge on any atom is -0.349 e. The molecule has 1 N–H and O–H groups in total. The summed E-state index contributed by atoms with van der Waals surface area (Å²) in [6.07, 6.45) is 0.305. The zero-order valence-corrected chi connectivity index (χ0v) is 10.8. The first kappa shape index (κ1) is 13.4. The molecule has 1 amide bonds. The van der Waals surface area contributed by atoms with Gasteiger partial charge in [-0.25, -0.2) is 0 Å². The van der Waals surface area contributed by atoms with Crippen LogP contribution in [0.15, 0.2) is 18.2 Å². The highest BCUT2D eigenvalue weighted by Crippen LogP contribution is 2.26. The highest BCUT2D eigenvalue weighted by molar-refractivity contribution is 6.23. The third-order valence-corrected chi connectivity index (χ3v) is 2.93. The molecule has 0 radical (unpaired) electrons.